The van der Waals surface area contributed by atoms with Crippen LogP contribution in [0.2, 0.25) is 0 Å². The summed E-state index contributed by atoms with van der Waals surface area (Å²) in [7, 11) is 0. The Bertz CT molecular complexity index is 570. The van der Waals surface area contributed by atoms with Crippen LogP contribution in [0.5, 0.6) is 11.5 Å². The smallest absolute Gasteiger partial charge is 0.135 e. The van der Waals surface area contributed by atoms with Crippen molar-refractivity contribution in [2.24, 2.45) is 0 Å². The normalized spacial score (nSPS) is 10.4. The average molecular weight is 311 g/mol. The van der Waals surface area contributed by atoms with Crippen LogP contribution in [0.4, 0.5) is 4.39 Å². The number of aliphatic hydroxyl groups excluding tert-OH is 1. The standard InChI is InChI=1S/C14H12BrFO2/c1-9-7-10(15)5-6-13(9)18-14-4-2-3-12(16)11(14)8-17/h2-7,17H,8H2,1H3. The zero-order valence-electron chi connectivity index (χ0n) is 9.78. The molecule has 0 saturated carbocycles. The fourth-order valence-electron chi connectivity index (χ4n) is 1.63. The van der Waals surface area contributed by atoms with Crippen LogP contribution in [0.15, 0.2) is 40.9 Å². The molecule has 0 heterocycles. The Kier molecular flexibility index (Phi) is 3.99. The summed E-state index contributed by atoms with van der Waals surface area (Å²) in [5, 5.41) is 9.16. The quantitative estimate of drug-likeness (QED) is 0.921. The van der Waals surface area contributed by atoms with Gasteiger partial charge in [0.25, 0.3) is 0 Å². The molecular weight excluding hydrogens is 299 g/mol. The number of ether oxygens (including phenoxy) is 1. The first-order valence-corrected chi connectivity index (χ1v) is 6.23. The number of rotatable bonds is 3. The Morgan fingerprint density at radius 1 is 1.22 bits per heavy atom. The molecule has 18 heavy (non-hydrogen) atoms. The molecule has 0 aliphatic carbocycles. The molecule has 2 nitrogen and oxygen atoms in total. The summed E-state index contributed by atoms with van der Waals surface area (Å²) < 4.78 is 20.1. The van der Waals surface area contributed by atoms with Gasteiger partial charge in [-0.05, 0) is 42.8 Å². The minimum atomic E-state index is -0.468. The van der Waals surface area contributed by atoms with Crippen LogP contribution in [-0.4, -0.2) is 5.11 Å². The zero-order valence-corrected chi connectivity index (χ0v) is 11.4. The number of aliphatic hydroxyl groups is 1. The Balaban J connectivity index is 2.37. The number of aryl methyl sites for hydroxylation is 1. The third-order valence-corrected chi connectivity index (χ3v) is 3.08. The molecule has 94 valence electrons. The summed E-state index contributed by atoms with van der Waals surface area (Å²) in [6.45, 7) is 1.51. The van der Waals surface area contributed by atoms with Gasteiger partial charge in [0.15, 0.2) is 0 Å². The van der Waals surface area contributed by atoms with Crippen molar-refractivity contribution in [2.75, 3.05) is 0 Å². The second-order valence-electron chi connectivity index (χ2n) is 3.89. The van der Waals surface area contributed by atoms with Crippen LogP contribution in [0, 0.1) is 12.7 Å². The fraction of sp³-hybridized carbons (Fsp3) is 0.143. The van der Waals surface area contributed by atoms with Gasteiger partial charge in [0, 0.05) is 4.47 Å². The van der Waals surface area contributed by atoms with Crippen molar-refractivity contribution >= 4 is 15.9 Å². The first kappa shape index (κ1) is 13.1. The number of halogens is 2. The van der Waals surface area contributed by atoms with Crippen molar-refractivity contribution in [3.8, 4) is 11.5 Å². The molecule has 0 atom stereocenters. The molecule has 0 bridgehead atoms. The third-order valence-electron chi connectivity index (χ3n) is 2.59. The van der Waals surface area contributed by atoms with E-state index in [9.17, 15) is 4.39 Å². The molecule has 0 aliphatic heterocycles. The first-order valence-electron chi connectivity index (χ1n) is 5.44. The lowest BCUT2D eigenvalue weighted by atomic mass is 10.2. The highest BCUT2D eigenvalue weighted by Crippen LogP contribution is 2.30. The summed E-state index contributed by atoms with van der Waals surface area (Å²) in [5.41, 5.74) is 1.09. The molecule has 0 radical (unpaired) electrons. The summed E-state index contributed by atoms with van der Waals surface area (Å²) in [6, 6.07) is 10.0. The van der Waals surface area contributed by atoms with Crippen molar-refractivity contribution in [2.45, 2.75) is 13.5 Å². The highest BCUT2D eigenvalue weighted by molar-refractivity contribution is 9.10. The van der Waals surface area contributed by atoms with Gasteiger partial charge in [-0.15, -0.1) is 0 Å². The molecular formula is C14H12BrFO2. The number of benzene rings is 2. The molecule has 0 aromatic heterocycles. The predicted molar refractivity (Wildman–Crippen MR) is 71.3 cm³/mol. The SMILES string of the molecule is Cc1cc(Br)ccc1Oc1cccc(F)c1CO. The minimum absolute atomic E-state index is 0.166. The van der Waals surface area contributed by atoms with Crippen molar-refractivity contribution in [1.82, 2.24) is 0 Å². The van der Waals surface area contributed by atoms with E-state index in [-0.39, 0.29) is 5.56 Å². The first-order chi connectivity index (χ1) is 8.61. The van der Waals surface area contributed by atoms with E-state index in [1.54, 1.807) is 18.2 Å². The maximum Gasteiger partial charge on any atom is 0.135 e. The molecule has 0 spiro atoms. The Hall–Kier alpha value is -1.39. The van der Waals surface area contributed by atoms with E-state index in [0.29, 0.717) is 11.5 Å². The highest BCUT2D eigenvalue weighted by atomic mass is 79.9. The van der Waals surface area contributed by atoms with Gasteiger partial charge in [-0.2, -0.15) is 0 Å². The second-order valence-corrected chi connectivity index (χ2v) is 4.80. The molecule has 1 N–H and O–H groups in total. The Morgan fingerprint density at radius 3 is 2.67 bits per heavy atom. The van der Waals surface area contributed by atoms with Crippen molar-refractivity contribution in [3.05, 3.63) is 57.8 Å². The van der Waals surface area contributed by atoms with E-state index in [0.717, 1.165) is 10.0 Å². The molecule has 4 heteroatoms. The maximum atomic E-state index is 13.5. The van der Waals surface area contributed by atoms with E-state index >= 15 is 0 Å². The lowest BCUT2D eigenvalue weighted by molar-refractivity contribution is 0.270. The van der Waals surface area contributed by atoms with Crippen LogP contribution in [0.3, 0.4) is 0 Å². The minimum Gasteiger partial charge on any atom is -0.457 e. The number of hydrogen-bond acceptors (Lipinski definition) is 2. The molecule has 0 amide bonds. The number of hydrogen-bond donors (Lipinski definition) is 1. The fourth-order valence-corrected chi connectivity index (χ4v) is 2.11. The van der Waals surface area contributed by atoms with Crippen LogP contribution < -0.4 is 4.74 Å². The Labute approximate surface area is 113 Å². The van der Waals surface area contributed by atoms with Gasteiger partial charge in [0.1, 0.15) is 17.3 Å². The molecule has 0 fully saturated rings. The van der Waals surface area contributed by atoms with Gasteiger partial charge < -0.3 is 9.84 Å². The zero-order chi connectivity index (χ0) is 13.1. The van der Waals surface area contributed by atoms with E-state index < -0.39 is 12.4 Å². The van der Waals surface area contributed by atoms with E-state index in [2.05, 4.69) is 15.9 Å². The summed E-state index contributed by atoms with van der Waals surface area (Å²) >= 11 is 3.37. The van der Waals surface area contributed by atoms with E-state index in [4.69, 9.17) is 9.84 Å². The average Bonchev–Trinajstić information content (AvgIpc) is 2.33. The Morgan fingerprint density at radius 2 is 2.00 bits per heavy atom. The predicted octanol–water partition coefficient (Wildman–Crippen LogP) is 4.18. The van der Waals surface area contributed by atoms with Crippen molar-refractivity contribution < 1.29 is 14.2 Å². The van der Waals surface area contributed by atoms with Gasteiger partial charge in [0.05, 0.1) is 12.2 Å². The van der Waals surface area contributed by atoms with Crippen molar-refractivity contribution in [3.63, 3.8) is 0 Å². The molecule has 0 aliphatic rings. The largest absolute Gasteiger partial charge is 0.457 e. The summed E-state index contributed by atoms with van der Waals surface area (Å²) in [6.07, 6.45) is 0. The van der Waals surface area contributed by atoms with E-state index in [1.165, 1.54) is 6.07 Å². The summed E-state index contributed by atoms with van der Waals surface area (Å²) in [4.78, 5) is 0. The highest BCUT2D eigenvalue weighted by Gasteiger charge is 2.10. The van der Waals surface area contributed by atoms with Crippen LogP contribution in [0.25, 0.3) is 0 Å². The maximum absolute atomic E-state index is 13.5. The van der Waals surface area contributed by atoms with Gasteiger partial charge in [-0.3, -0.25) is 0 Å². The van der Waals surface area contributed by atoms with Crippen molar-refractivity contribution in [1.29, 1.82) is 0 Å². The molecule has 0 saturated heterocycles. The lowest BCUT2D eigenvalue weighted by Gasteiger charge is -2.12. The molecule has 2 aromatic carbocycles. The lowest BCUT2D eigenvalue weighted by Crippen LogP contribution is -1.96. The third kappa shape index (κ3) is 2.71. The van der Waals surface area contributed by atoms with Crippen LogP contribution in [0.1, 0.15) is 11.1 Å². The molecule has 2 rings (SSSR count). The van der Waals surface area contributed by atoms with Gasteiger partial charge in [-0.25, -0.2) is 4.39 Å². The van der Waals surface area contributed by atoms with Gasteiger partial charge in [0.2, 0.25) is 0 Å². The topological polar surface area (TPSA) is 29.5 Å². The van der Waals surface area contributed by atoms with Gasteiger partial charge >= 0.3 is 0 Å². The monoisotopic (exact) mass is 310 g/mol. The van der Waals surface area contributed by atoms with Gasteiger partial charge in [-0.1, -0.05) is 22.0 Å². The second kappa shape index (κ2) is 5.50. The molecule has 0 unspecified atom stereocenters. The van der Waals surface area contributed by atoms with Crippen LogP contribution >= 0.6 is 15.9 Å². The molecule has 2 aromatic rings. The van der Waals surface area contributed by atoms with E-state index in [1.807, 2.05) is 19.1 Å². The summed E-state index contributed by atoms with van der Waals surface area (Å²) in [5.74, 6) is 0.506. The van der Waals surface area contributed by atoms with Crippen LogP contribution in [-0.2, 0) is 6.61 Å².